The first-order valence-corrected chi connectivity index (χ1v) is 12.7. The minimum Gasteiger partial charge on any atom is -0.480 e. The summed E-state index contributed by atoms with van der Waals surface area (Å²) in [5.74, 6) is -1.03. The van der Waals surface area contributed by atoms with E-state index in [-0.39, 0.29) is 30.4 Å². The van der Waals surface area contributed by atoms with Crippen LogP contribution in [0.4, 0.5) is 4.79 Å². The summed E-state index contributed by atoms with van der Waals surface area (Å²) in [5.41, 5.74) is 3.53. The van der Waals surface area contributed by atoms with Crippen molar-refractivity contribution in [1.29, 1.82) is 0 Å². The number of nitrogens with zero attached hydrogens (tertiary/aromatic N) is 1. The Morgan fingerprint density at radius 1 is 0.971 bits per heavy atom. The molecule has 1 saturated heterocycles. The highest BCUT2D eigenvalue weighted by atomic mass is 16.5. The number of ether oxygens (including phenoxy) is 1. The fourth-order valence-electron chi connectivity index (χ4n) is 6.57. The van der Waals surface area contributed by atoms with Crippen molar-refractivity contribution in [1.82, 2.24) is 10.2 Å². The van der Waals surface area contributed by atoms with Crippen molar-refractivity contribution >= 4 is 18.0 Å². The summed E-state index contributed by atoms with van der Waals surface area (Å²) in [4.78, 5) is 40.1. The first-order valence-electron chi connectivity index (χ1n) is 12.7. The minimum absolute atomic E-state index is 0.0425. The van der Waals surface area contributed by atoms with Crippen molar-refractivity contribution in [3.05, 3.63) is 59.7 Å². The monoisotopic (exact) mass is 474 g/mol. The molecule has 0 radical (unpaired) electrons. The number of carbonyl (C=O) groups is 3. The second-order valence-corrected chi connectivity index (χ2v) is 10.4. The standard InChI is InChI=1S/C28H30N2O5/c31-25(32)24-15-17-7-1-6-12-23(17)30(24)26(33)28(13-14-28)29-27(34)35-16-22-20-10-4-2-8-18(20)19-9-3-5-11-21(19)22/h2-5,8-11,17,22-24H,1,6-7,12-16H2,(H,29,34)(H,31,32). The molecule has 2 aromatic carbocycles. The molecule has 7 heteroatoms. The number of alkyl carbamates (subject to hydrolysis) is 1. The fourth-order valence-corrected chi connectivity index (χ4v) is 6.57. The Hall–Kier alpha value is -3.35. The molecule has 182 valence electrons. The van der Waals surface area contributed by atoms with Crippen LogP contribution >= 0.6 is 0 Å². The number of nitrogens with one attached hydrogen (secondary N) is 1. The van der Waals surface area contributed by atoms with Gasteiger partial charge < -0.3 is 20.1 Å². The van der Waals surface area contributed by atoms with Crippen LogP contribution in [-0.2, 0) is 14.3 Å². The van der Waals surface area contributed by atoms with Crippen LogP contribution in [0.3, 0.4) is 0 Å². The van der Waals surface area contributed by atoms with Gasteiger partial charge in [-0.3, -0.25) is 4.79 Å². The number of aliphatic carboxylic acids is 1. The molecule has 2 aromatic rings. The molecule has 2 N–H and O–H groups in total. The van der Waals surface area contributed by atoms with Crippen molar-refractivity contribution in [2.45, 2.75) is 68.5 Å². The molecule has 3 unspecified atom stereocenters. The van der Waals surface area contributed by atoms with Crippen molar-refractivity contribution in [3.63, 3.8) is 0 Å². The summed E-state index contributed by atoms with van der Waals surface area (Å²) < 4.78 is 5.67. The first-order chi connectivity index (χ1) is 17.0. The van der Waals surface area contributed by atoms with Gasteiger partial charge in [-0.1, -0.05) is 61.4 Å². The van der Waals surface area contributed by atoms with Crippen molar-refractivity contribution < 1.29 is 24.2 Å². The highest BCUT2D eigenvalue weighted by Gasteiger charge is 2.59. The Bertz CT molecular complexity index is 1140. The maximum Gasteiger partial charge on any atom is 0.408 e. The number of benzene rings is 2. The normalized spacial score (nSPS) is 25.8. The van der Waals surface area contributed by atoms with E-state index in [4.69, 9.17) is 4.74 Å². The number of rotatable bonds is 5. The molecule has 1 aliphatic heterocycles. The fraction of sp³-hybridized carbons (Fsp3) is 0.464. The van der Waals surface area contributed by atoms with Gasteiger partial charge in [-0.05, 0) is 60.3 Å². The highest BCUT2D eigenvalue weighted by Crippen LogP contribution is 2.46. The lowest BCUT2D eigenvalue weighted by Gasteiger charge is -2.35. The van der Waals surface area contributed by atoms with Gasteiger partial charge in [0, 0.05) is 12.0 Å². The van der Waals surface area contributed by atoms with Crippen LogP contribution in [0.5, 0.6) is 0 Å². The van der Waals surface area contributed by atoms with Crippen LogP contribution in [0.1, 0.15) is 62.0 Å². The number of carboxylic acids is 1. The average molecular weight is 475 g/mol. The lowest BCUT2D eigenvalue weighted by atomic mass is 9.84. The van der Waals surface area contributed by atoms with Gasteiger partial charge >= 0.3 is 12.1 Å². The largest absolute Gasteiger partial charge is 0.480 e. The summed E-state index contributed by atoms with van der Waals surface area (Å²) in [7, 11) is 0. The maximum absolute atomic E-state index is 13.6. The predicted octanol–water partition coefficient (Wildman–Crippen LogP) is 4.30. The lowest BCUT2D eigenvalue weighted by Crippen LogP contribution is -2.56. The van der Waals surface area contributed by atoms with Crippen LogP contribution in [-0.4, -0.2) is 52.2 Å². The van der Waals surface area contributed by atoms with Gasteiger partial charge in [0.2, 0.25) is 5.91 Å². The molecular formula is C28H30N2O5. The van der Waals surface area contributed by atoms with E-state index in [1.807, 2.05) is 24.3 Å². The Kier molecular flexibility index (Phi) is 5.31. The van der Waals surface area contributed by atoms with Crippen molar-refractivity contribution in [2.75, 3.05) is 6.61 Å². The number of likely N-dealkylation sites (tertiary alicyclic amines) is 1. The van der Waals surface area contributed by atoms with Crippen LogP contribution in [0.15, 0.2) is 48.5 Å². The number of carbonyl (C=O) groups excluding carboxylic acids is 2. The van der Waals surface area contributed by atoms with Gasteiger partial charge in [0.25, 0.3) is 0 Å². The Morgan fingerprint density at radius 3 is 2.23 bits per heavy atom. The zero-order chi connectivity index (χ0) is 24.2. The second-order valence-electron chi connectivity index (χ2n) is 10.4. The van der Waals surface area contributed by atoms with Crippen LogP contribution in [0.2, 0.25) is 0 Å². The minimum atomic E-state index is -1.04. The summed E-state index contributed by atoms with van der Waals surface area (Å²) in [6.45, 7) is 0.177. The third kappa shape index (κ3) is 3.68. The summed E-state index contributed by atoms with van der Waals surface area (Å²) >= 11 is 0. The van der Waals surface area contributed by atoms with Crippen LogP contribution in [0.25, 0.3) is 11.1 Å². The molecule has 3 atom stereocenters. The number of carboxylic acid groups (broad SMARTS) is 1. The lowest BCUT2D eigenvalue weighted by molar-refractivity contribution is -0.151. The molecule has 4 aliphatic rings. The van der Waals surface area contributed by atoms with E-state index >= 15 is 0 Å². The zero-order valence-corrected chi connectivity index (χ0v) is 19.6. The smallest absolute Gasteiger partial charge is 0.408 e. The number of amides is 2. The molecule has 2 saturated carbocycles. The van der Waals surface area contributed by atoms with Gasteiger partial charge in [0.1, 0.15) is 18.2 Å². The molecule has 0 aromatic heterocycles. The molecule has 3 aliphatic carbocycles. The molecular weight excluding hydrogens is 444 g/mol. The number of hydrogen-bond acceptors (Lipinski definition) is 4. The van der Waals surface area contributed by atoms with Gasteiger partial charge in [0.05, 0.1) is 0 Å². The molecule has 0 bridgehead atoms. The highest BCUT2D eigenvalue weighted by molar-refractivity contribution is 5.96. The number of fused-ring (bicyclic) bond motifs is 4. The van der Waals surface area contributed by atoms with E-state index in [0.717, 1.165) is 47.9 Å². The summed E-state index contributed by atoms with van der Waals surface area (Å²) in [5, 5.41) is 12.6. The summed E-state index contributed by atoms with van der Waals surface area (Å²) in [6.07, 6.45) is 4.79. The van der Waals surface area contributed by atoms with E-state index in [1.54, 1.807) is 4.90 Å². The third-order valence-electron chi connectivity index (χ3n) is 8.45. The van der Waals surface area contributed by atoms with Crippen molar-refractivity contribution in [2.24, 2.45) is 5.92 Å². The van der Waals surface area contributed by atoms with E-state index in [0.29, 0.717) is 19.3 Å². The van der Waals surface area contributed by atoms with E-state index in [1.165, 1.54) is 0 Å². The molecule has 6 rings (SSSR count). The van der Waals surface area contributed by atoms with Gasteiger partial charge in [0.15, 0.2) is 0 Å². The molecule has 1 heterocycles. The first kappa shape index (κ1) is 22.1. The van der Waals surface area contributed by atoms with E-state index in [2.05, 4.69) is 29.6 Å². The van der Waals surface area contributed by atoms with Gasteiger partial charge in [-0.25, -0.2) is 9.59 Å². The quantitative estimate of drug-likeness (QED) is 0.674. The van der Waals surface area contributed by atoms with Crippen molar-refractivity contribution in [3.8, 4) is 11.1 Å². The third-order valence-corrected chi connectivity index (χ3v) is 8.45. The van der Waals surface area contributed by atoms with E-state index in [9.17, 15) is 19.5 Å². The Balaban J connectivity index is 1.15. The summed E-state index contributed by atoms with van der Waals surface area (Å²) in [6, 6.07) is 15.4. The average Bonchev–Trinajstić information content (AvgIpc) is 3.43. The maximum atomic E-state index is 13.6. The SMILES string of the molecule is O=C(NC1(C(=O)N2C(C(=O)O)CC3CCCCC32)CC1)OCC1c2ccccc2-c2ccccc21. The zero-order valence-electron chi connectivity index (χ0n) is 19.6. The molecule has 2 amide bonds. The molecule has 0 spiro atoms. The Morgan fingerprint density at radius 2 is 1.60 bits per heavy atom. The molecule has 35 heavy (non-hydrogen) atoms. The Labute approximate surface area is 204 Å². The molecule has 7 nitrogen and oxygen atoms in total. The number of hydrogen-bond donors (Lipinski definition) is 2. The van der Waals surface area contributed by atoms with Gasteiger partial charge in [-0.2, -0.15) is 0 Å². The topological polar surface area (TPSA) is 95.9 Å². The van der Waals surface area contributed by atoms with Crippen LogP contribution in [0, 0.1) is 5.92 Å². The molecule has 3 fully saturated rings. The van der Waals surface area contributed by atoms with Gasteiger partial charge in [-0.15, -0.1) is 0 Å². The predicted molar refractivity (Wildman–Crippen MR) is 129 cm³/mol. The second kappa shape index (κ2) is 8.40. The van der Waals surface area contributed by atoms with E-state index < -0.39 is 23.6 Å². The van der Waals surface area contributed by atoms with Crippen LogP contribution < -0.4 is 5.32 Å².